The summed E-state index contributed by atoms with van der Waals surface area (Å²) in [6, 6.07) is 9.36. The fourth-order valence-electron chi connectivity index (χ4n) is 6.40. The minimum Gasteiger partial charge on any atom is -0.481 e. The number of amides is 3. The van der Waals surface area contributed by atoms with Crippen LogP contribution in [0.15, 0.2) is 41.3 Å². The second-order valence-electron chi connectivity index (χ2n) is 12.9. The number of hydrogen-bond acceptors (Lipinski definition) is 9. The van der Waals surface area contributed by atoms with Gasteiger partial charge in [0.2, 0.25) is 5.91 Å². The Morgan fingerprint density at radius 2 is 1.24 bits per heavy atom. The van der Waals surface area contributed by atoms with Crippen molar-refractivity contribution in [3.63, 3.8) is 0 Å². The van der Waals surface area contributed by atoms with Crippen molar-refractivity contribution in [2.75, 3.05) is 11.9 Å². The van der Waals surface area contributed by atoms with Gasteiger partial charge in [0.15, 0.2) is 0 Å². The van der Waals surface area contributed by atoms with Gasteiger partial charge in [0.05, 0.1) is 4.90 Å². The van der Waals surface area contributed by atoms with Crippen molar-refractivity contribution in [3.05, 3.63) is 47.5 Å². The highest BCUT2D eigenvalue weighted by Gasteiger charge is 2.35. The zero-order valence-electron chi connectivity index (χ0n) is 28.2. The van der Waals surface area contributed by atoms with E-state index in [0.717, 1.165) is 56.9 Å². The number of nitrogens with zero attached hydrogens (tertiary/aromatic N) is 1. The highest BCUT2D eigenvalue weighted by Crippen LogP contribution is 2.46. The molecule has 0 spiro atoms. The number of hydroxylamine groups is 2. The predicted octanol–water partition coefficient (Wildman–Crippen LogP) is 7.14. The molecule has 1 saturated heterocycles. The number of carboxylic acid groups (broad SMARTS) is 1. The summed E-state index contributed by atoms with van der Waals surface area (Å²) in [5.41, 5.74) is 2.99. The van der Waals surface area contributed by atoms with Gasteiger partial charge in [-0.15, -0.1) is 0 Å². The van der Waals surface area contributed by atoms with E-state index in [9.17, 15) is 36.9 Å². The highest BCUT2D eigenvalue weighted by atomic mass is 32.2. The number of rotatable bonds is 21. The number of ether oxygens (including phenoxy) is 1. The lowest BCUT2D eigenvalue weighted by molar-refractivity contribution is -0.177. The number of imide groups is 1. The average molecular weight is 715 g/mol. The first-order valence-electron chi connectivity index (χ1n) is 17.4. The molecule has 2 aromatic rings. The topological polar surface area (TPSA) is 194 Å². The predicted molar refractivity (Wildman–Crippen MR) is 183 cm³/mol. The third-order valence-corrected chi connectivity index (χ3v) is 9.88. The van der Waals surface area contributed by atoms with Gasteiger partial charge < -0.3 is 15.2 Å². The Morgan fingerprint density at radius 1 is 0.740 bits per heavy atom. The van der Waals surface area contributed by atoms with E-state index < -0.39 is 40.0 Å². The molecule has 2 aliphatic rings. The number of anilines is 1. The molecule has 0 bridgehead atoms. The molecule has 2 aromatic carbocycles. The second-order valence-corrected chi connectivity index (χ2v) is 14.3. The smallest absolute Gasteiger partial charge is 0.481 e. The molecule has 1 atom stereocenters. The standard InChI is InChI=1S/C36H46N2O11S/c39-32(14-12-10-8-6-4-2-1-3-5-7-9-11-13-15-35(42)43)37-25-16-18-27-28-19-17-26(50(45,46)47)23-30(28)31(29(27)22-25)24-48-36(44)49-38-33(40)20-21-34(38)41/h16-19,22-23,31H,1-15,20-21,24H2,(H,37,39)(H,42,43)(H,45,46,47). The molecule has 3 amide bonds. The maximum absolute atomic E-state index is 12.8. The van der Waals surface area contributed by atoms with Crippen molar-refractivity contribution in [3.8, 4) is 11.1 Å². The van der Waals surface area contributed by atoms with Crippen LogP contribution < -0.4 is 5.32 Å². The lowest BCUT2D eigenvalue weighted by Gasteiger charge is -2.17. The number of carboxylic acids is 1. The number of carbonyl (C=O) groups is 5. The van der Waals surface area contributed by atoms with E-state index >= 15 is 0 Å². The van der Waals surface area contributed by atoms with Gasteiger partial charge >= 0.3 is 12.1 Å². The summed E-state index contributed by atoms with van der Waals surface area (Å²) in [4.78, 5) is 63.8. The molecule has 13 nitrogen and oxygen atoms in total. The van der Waals surface area contributed by atoms with Crippen LogP contribution in [0.5, 0.6) is 0 Å². The SMILES string of the molecule is O=C(O)CCCCCCCCCCCCCCCC(=O)Nc1ccc2c(c1)C(COC(=O)ON1C(=O)CCC1=O)c1cc(S(=O)(=O)O)ccc1-2. The number of nitrogens with one attached hydrogen (secondary N) is 1. The van der Waals surface area contributed by atoms with Gasteiger partial charge in [-0.2, -0.15) is 8.42 Å². The van der Waals surface area contributed by atoms with E-state index in [2.05, 4.69) is 5.32 Å². The summed E-state index contributed by atoms with van der Waals surface area (Å²) >= 11 is 0. The van der Waals surface area contributed by atoms with Gasteiger partial charge in [-0.25, -0.2) is 4.79 Å². The third kappa shape index (κ3) is 11.4. The van der Waals surface area contributed by atoms with Crippen LogP contribution in [-0.2, 0) is 38.9 Å². The van der Waals surface area contributed by atoms with Crippen LogP contribution >= 0.6 is 0 Å². The number of unbranched alkanes of at least 4 members (excludes halogenated alkanes) is 12. The number of aliphatic carboxylic acids is 1. The summed E-state index contributed by atoms with van der Waals surface area (Å²) in [6.07, 6.45) is 13.1. The molecular formula is C36H46N2O11S. The number of fused-ring (bicyclic) bond motifs is 3. The molecule has 50 heavy (non-hydrogen) atoms. The first-order chi connectivity index (χ1) is 23.9. The summed E-state index contributed by atoms with van der Waals surface area (Å²) in [5.74, 6) is -2.89. The van der Waals surface area contributed by atoms with Gasteiger partial charge in [-0.1, -0.05) is 87.8 Å². The van der Waals surface area contributed by atoms with Gasteiger partial charge in [-0.05, 0) is 59.4 Å². The minimum atomic E-state index is -4.53. The maximum Gasteiger partial charge on any atom is 0.533 e. The average Bonchev–Trinajstić information content (AvgIpc) is 3.55. The van der Waals surface area contributed by atoms with Crippen LogP contribution in [0, 0.1) is 0 Å². The molecule has 1 fully saturated rings. The quantitative estimate of drug-likeness (QED) is 0.0515. The van der Waals surface area contributed by atoms with Gasteiger partial charge in [0, 0.05) is 37.3 Å². The molecule has 1 aliphatic carbocycles. The van der Waals surface area contributed by atoms with Gasteiger partial charge in [0.1, 0.15) is 6.61 Å². The van der Waals surface area contributed by atoms with Crippen LogP contribution in [0.4, 0.5) is 10.5 Å². The zero-order valence-corrected chi connectivity index (χ0v) is 29.0. The van der Waals surface area contributed by atoms with E-state index in [1.807, 2.05) is 0 Å². The molecule has 4 rings (SSSR count). The van der Waals surface area contributed by atoms with E-state index in [-0.39, 0.29) is 36.7 Å². The van der Waals surface area contributed by atoms with Crippen molar-refractivity contribution in [1.82, 2.24) is 5.06 Å². The molecule has 0 saturated carbocycles. The van der Waals surface area contributed by atoms with Crippen molar-refractivity contribution in [2.45, 2.75) is 120 Å². The number of carbonyl (C=O) groups excluding carboxylic acids is 4. The van der Waals surface area contributed by atoms with Crippen LogP contribution in [0.25, 0.3) is 11.1 Å². The summed E-state index contributed by atoms with van der Waals surface area (Å²) in [5, 5.41) is 11.9. The Bertz CT molecular complexity index is 1640. The lowest BCUT2D eigenvalue weighted by atomic mass is 9.97. The summed E-state index contributed by atoms with van der Waals surface area (Å²) in [7, 11) is -4.53. The van der Waals surface area contributed by atoms with Crippen molar-refractivity contribution in [1.29, 1.82) is 0 Å². The van der Waals surface area contributed by atoms with E-state index in [4.69, 9.17) is 14.7 Å². The molecule has 3 N–H and O–H groups in total. The molecular weight excluding hydrogens is 668 g/mol. The third-order valence-electron chi connectivity index (χ3n) is 9.03. The highest BCUT2D eigenvalue weighted by molar-refractivity contribution is 7.85. The van der Waals surface area contributed by atoms with Crippen LogP contribution in [0.2, 0.25) is 0 Å². The molecule has 1 unspecified atom stereocenters. The van der Waals surface area contributed by atoms with Crippen molar-refractivity contribution >= 4 is 45.7 Å². The zero-order chi connectivity index (χ0) is 36.1. The Labute approximate surface area is 292 Å². The van der Waals surface area contributed by atoms with Crippen LogP contribution in [-0.4, -0.2) is 59.6 Å². The largest absolute Gasteiger partial charge is 0.533 e. The fraction of sp³-hybridized carbons (Fsp3) is 0.528. The van der Waals surface area contributed by atoms with Crippen molar-refractivity contribution < 1.29 is 51.6 Å². The molecule has 1 heterocycles. The molecule has 0 radical (unpaired) electrons. The Balaban J connectivity index is 1.22. The van der Waals surface area contributed by atoms with Gasteiger partial charge in [-0.3, -0.25) is 28.6 Å². The molecule has 272 valence electrons. The summed E-state index contributed by atoms with van der Waals surface area (Å²) < 4.78 is 38.7. The Morgan fingerprint density at radius 3 is 1.78 bits per heavy atom. The van der Waals surface area contributed by atoms with E-state index in [0.29, 0.717) is 33.9 Å². The molecule has 1 aliphatic heterocycles. The summed E-state index contributed by atoms with van der Waals surface area (Å²) in [6.45, 7) is -0.336. The lowest BCUT2D eigenvalue weighted by Crippen LogP contribution is -2.32. The van der Waals surface area contributed by atoms with E-state index in [1.165, 1.54) is 44.2 Å². The Kier molecular flexibility index (Phi) is 14.3. The van der Waals surface area contributed by atoms with Crippen LogP contribution in [0.1, 0.15) is 126 Å². The van der Waals surface area contributed by atoms with Gasteiger partial charge in [0.25, 0.3) is 21.9 Å². The monoisotopic (exact) mass is 714 g/mol. The first kappa shape index (κ1) is 38.5. The molecule has 0 aromatic heterocycles. The maximum atomic E-state index is 12.8. The normalized spacial score (nSPS) is 15.1. The minimum absolute atomic E-state index is 0.0784. The first-order valence-corrected chi connectivity index (χ1v) is 18.9. The fourth-order valence-corrected chi connectivity index (χ4v) is 6.91. The van der Waals surface area contributed by atoms with Crippen LogP contribution in [0.3, 0.4) is 0 Å². The molecule has 14 heteroatoms. The Hall–Kier alpha value is -4.30. The van der Waals surface area contributed by atoms with Crippen molar-refractivity contribution in [2.24, 2.45) is 0 Å². The van der Waals surface area contributed by atoms with E-state index in [1.54, 1.807) is 24.3 Å². The number of hydrogen-bond donors (Lipinski definition) is 3. The number of benzene rings is 2. The second kappa shape index (κ2) is 18.6.